The van der Waals surface area contributed by atoms with Crippen molar-refractivity contribution in [3.63, 3.8) is 0 Å². The van der Waals surface area contributed by atoms with E-state index in [0.29, 0.717) is 26.4 Å². The first-order valence-corrected chi connectivity index (χ1v) is 16.0. The predicted molar refractivity (Wildman–Crippen MR) is 167 cm³/mol. The maximum Gasteiger partial charge on any atom is 0.171 e. The van der Waals surface area contributed by atoms with E-state index < -0.39 is 10.8 Å². The molecule has 0 amide bonds. The third kappa shape index (κ3) is 11.1. The molecule has 0 fully saturated rings. The van der Waals surface area contributed by atoms with Crippen molar-refractivity contribution in [3.8, 4) is 34.5 Å². The van der Waals surface area contributed by atoms with Gasteiger partial charge in [0.25, 0.3) is 0 Å². The lowest BCUT2D eigenvalue weighted by Gasteiger charge is -2.22. The topological polar surface area (TPSA) is 153 Å². The second-order valence-electron chi connectivity index (χ2n) is 10.9. The van der Waals surface area contributed by atoms with Gasteiger partial charge >= 0.3 is 0 Å². The SMILES string of the molecule is CC(CO)(CO)CO.CC1(C=O)COc2cscc2OC1.CC1(CO)COc2cscc2OC1.COc1cscc1OC. The van der Waals surface area contributed by atoms with Gasteiger partial charge in [0.1, 0.15) is 19.5 Å². The number of aliphatic hydroxyl groups is 4. The fraction of sp³-hybridized carbons (Fsp3) is 0.552. The fourth-order valence-corrected chi connectivity index (χ4v) is 5.03. The monoisotopic (exact) mass is 662 g/mol. The van der Waals surface area contributed by atoms with E-state index in [2.05, 4.69) is 0 Å². The van der Waals surface area contributed by atoms with Crippen LogP contribution in [-0.2, 0) is 4.79 Å². The lowest BCUT2D eigenvalue weighted by atomic mass is 9.95. The van der Waals surface area contributed by atoms with Gasteiger partial charge in [-0.25, -0.2) is 0 Å². The predicted octanol–water partition coefficient (Wildman–Crippen LogP) is 3.98. The molecule has 0 radical (unpaired) electrons. The van der Waals surface area contributed by atoms with E-state index in [-0.39, 0.29) is 31.8 Å². The van der Waals surface area contributed by atoms with Crippen molar-refractivity contribution in [2.24, 2.45) is 16.2 Å². The number of methoxy groups -OCH3 is 2. The van der Waals surface area contributed by atoms with Crippen molar-refractivity contribution in [2.45, 2.75) is 20.8 Å². The normalized spacial score (nSPS) is 15.8. The largest absolute Gasteiger partial charge is 0.492 e. The van der Waals surface area contributed by atoms with Gasteiger partial charge in [0.2, 0.25) is 0 Å². The van der Waals surface area contributed by atoms with Crippen LogP contribution < -0.4 is 28.4 Å². The van der Waals surface area contributed by atoms with Crippen LogP contribution >= 0.6 is 34.0 Å². The molecule has 4 N–H and O–H groups in total. The lowest BCUT2D eigenvalue weighted by Crippen LogP contribution is -2.33. The first kappa shape index (κ1) is 36.6. The van der Waals surface area contributed by atoms with E-state index in [1.54, 1.807) is 43.8 Å². The molecule has 2 aliphatic heterocycles. The zero-order chi connectivity index (χ0) is 31.9. The molecule has 11 nitrogen and oxygen atoms in total. The van der Waals surface area contributed by atoms with Gasteiger partial charge in [-0.2, -0.15) is 0 Å². The number of aldehydes is 1. The molecule has 0 bridgehead atoms. The second-order valence-corrected chi connectivity index (χ2v) is 13.1. The van der Waals surface area contributed by atoms with E-state index in [9.17, 15) is 4.79 Å². The summed E-state index contributed by atoms with van der Waals surface area (Å²) in [6.45, 7) is 6.71. The summed E-state index contributed by atoms with van der Waals surface area (Å²) in [5.41, 5.74) is -1.51. The van der Waals surface area contributed by atoms with Crippen molar-refractivity contribution in [1.82, 2.24) is 0 Å². The van der Waals surface area contributed by atoms with Gasteiger partial charge in [-0.15, -0.1) is 34.0 Å². The minimum Gasteiger partial charge on any atom is -0.492 e. The third-order valence-corrected chi connectivity index (χ3v) is 8.40. The molecule has 14 heteroatoms. The summed E-state index contributed by atoms with van der Waals surface area (Å²) in [6, 6.07) is 0. The van der Waals surface area contributed by atoms with Crippen LogP contribution in [0.15, 0.2) is 32.3 Å². The Labute approximate surface area is 264 Å². The Bertz CT molecular complexity index is 1130. The van der Waals surface area contributed by atoms with Crippen LogP contribution in [0.2, 0.25) is 0 Å². The summed E-state index contributed by atoms with van der Waals surface area (Å²) in [7, 11) is 3.26. The van der Waals surface area contributed by atoms with Crippen LogP contribution in [0.4, 0.5) is 0 Å². The highest BCUT2D eigenvalue weighted by Crippen LogP contribution is 2.37. The summed E-state index contributed by atoms with van der Waals surface area (Å²) in [4.78, 5) is 10.7. The Morgan fingerprint density at radius 2 is 1.07 bits per heavy atom. The smallest absolute Gasteiger partial charge is 0.171 e. The van der Waals surface area contributed by atoms with E-state index >= 15 is 0 Å². The van der Waals surface area contributed by atoms with Crippen molar-refractivity contribution in [3.05, 3.63) is 32.3 Å². The first-order chi connectivity index (χ1) is 20.5. The third-order valence-electron chi connectivity index (χ3n) is 6.30. The number of ether oxygens (including phenoxy) is 6. The molecule has 3 aromatic rings. The van der Waals surface area contributed by atoms with Crippen LogP contribution in [0, 0.1) is 16.2 Å². The minimum atomic E-state index is -0.708. The molecule has 242 valence electrons. The van der Waals surface area contributed by atoms with Gasteiger partial charge in [0.15, 0.2) is 34.5 Å². The molecule has 43 heavy (non-hydrogen) atoms. The Morgan fingerprint density at radius 1 is 0.721 bits per heavy atom. The number of carbonyl (C=O) groups is 1. The number of fused-ring (bicyclic) bond motifs is 2. The molecule has 0 aromatic carbocycles. The molecule has 0 saturated carbocycles. The quantitative estimate of drug-likeness (QED) is 0.272. The van der Waals surface area contributed by atoms with Crippen LogP contribution in [0.1, 0.15) is 20.8 Å². The molecule has 5 heterocycles. The Kier molecular flexibility index (Phi) is 15.0. The van der Waals surface area contributed by atoms with Crippen molar-refractivity contribution < 1.29 is 53.6 Å². The molecule has 0 saturated heterocycles. The van der Waals surface area contributed by atoms with Crippen molar-refractivity contribution in [2.75, 3.05) is 67.1 Å². The number of hydrogen-bond donors (Lipinski definition) is 4. The minimum absolute atomic E-state index is 0.0840. The molecule has 5 rings (SSSR count). The maximum atomic E-state index is 10.7. The van der Waals surface area contributed by atoms with E-state index in [4.69, 9.17) is 48.8 Å². The maximum absolute atomic E-state index is 10.7. The van der Waals surface area contributed by atoms with Gasteiger partial charge in [-0.1, -0.05) is 13.8 Å². The number of rotatable bonds is 7. The molecule has 0 spiro atoms. The second kappa shape index (κ2) is 17.6. The first-order valence-electron chi connectivity index (χ1n) is 13.2. The summed E-state index contributed by atoms with van der Waals surface area (Å²) in [5, 5.41) is 45.9. The molecule has 0 atom stereocenters. The zero-order valence-electron chi connectivity index (χ0n) is 25.1. The summed E-state index contributed by atoms with van der Waals surface area (Å²) >= 11 is 4.66. The Hall–Kier alpha value is -2.59. The average molecular weight is 663 g/mol. The van der Waals surface area contributed by atoms with Gasteiger partial charge in [-0.3, -0.25) is 0 Å². The highest BCUT2D eigenvalue weighted by molar-refractivity contribution is 7.09. The number of thiophene rings is 3. The standard InChI is InChI=1S/C9H12O3S.C9H10O3S.C6H8O2S.C5H12O3/c2*1-9(4-10)5-11-7-2-13-3-8(7)12-6-9;1-7-5-3-9-4-6(5)8-2;1-5(2-6,3-7)4-8/h2-3,10H,4-6H2,1H3;2-4H,5-6H2,1H3;3-4H,1-2H3;6-8H,2-4H2,1H3. The van der Waals surface area contributed by atoms with Crippen LogP contribution in [-0.4, -0.2) is 93.8 Å². The van der Waals surface area contributed by atoms with E-state index in [1.165, 1.54) is 11.3 Å². The highest BCUT2D eigenvalue weighted by Gasteiger charge is 2.31. The van der Waals surface area contributed by atoms with Crippen molar-refractivity contribution in [1.29, 1.82) is 0 Å². The van der Waals surface area contributed by atoms with Gasteiger partial charge < -0.3 is 53.6 Å². The number of carbonyl (C=O) groups excluding carboxylic acids is 1. The van der Waals surface area contributed by atoms with E-state index in [0.717, 1.165) is 40.8 Å². The molecule has 0 unspecified atom stereocenters. The summed E-state index contributed by atoms with van der Waals surface area (Å²) in [5.74, 6) is 4.69. The summed E-state index contributed by atoms with van der Waals surface area (Å²) < 4.78 is 31.9. The Balaban J connectivity index is 0.000000205. The van der Waals surface area contributed by atoms with Crippen molar-refractivity contribution >= 4 is 40.3 Å². The average Bonchev–Trinajstić information content (AvgIpc) is 3.78. The molecule has 0 aliphatic carbocycles. The van der Waals surface area contributed by atoms with Gasteiger partial charge in [0, 0.05) is 37.7 Å². The fourth-order valence-electron chi connectivity index (χ4n) is 2.92. The highest BCUT2D eigenvalue weighted by atomic mass is 32.1. The summed E-state index contributed by atoms with van der Waals surface area (Å²) in [6.07, 6.45) is 0.891. The molecular formula is C29H42O11S3. The van der Waals surface area contributed by atoms with Crippen LogP contribution in [0.5, 0.6) is 34.5 Å². The Morgan fingerprint density at radius 3 is 1.35 bits per heavy atom. The molecule has 2 aliphatic rings. The van der Waals surface area contributed by atoms with Crippen LogP contribution in [0.25, 0.3) is 0 Å². The number of aliphatic hydroxyl groups excluding tert-OH is 4. The molecule has 3 aromatic heterocycles. The van der Waals surface area contributed by atoms with Gasteiger partial charge in [0.05, 0.1) is 64.7 Å². The van der Waals surface area contributed by atoms with Gasteiger partial charge in [-0.05, 0) is 6.92 Å². The zero-order valence-corrected chi connectivity index (χ0v) is 27.5. The number of hydrogen-bond acceptors (Lipinski definition) is 14. The van der Waals surface area contributed by atoms with E-state index in [1.807, 2.05) is 46.1 Å². The van der Waals surface area contributed by atoms with Crippen LogP contribution in [0.3, 0.4) is 0 Å². The molecular weight excluding hydrogens is 621 g/mol. The lowest BCUT2D eigenvalue weighted by molar-refractivity contribution is -0.118.